The molecule has 5 nitrogen and oxygen atoms in total. The molecule has 34 heavy (non-hydrogen) atoms. The van der Waals surface area contributed by atoms with Crippen molar-refractivity contribution in [2.45, 2.75) is 39.0 Å². The van der Waals surface area contributed by atoms with Crippen LogP contribution in [0.15, 0.2) is 72.9 Å². The van der Waals surface area contributed by atoms with Crippen LogP contribution in [0.1, 0.15) is 37.1 Å². The molecule has 0 aliphatic rings. The third-order valence-electron chi connectivity index (χ3n) is 5.64. The molecule has 0 bridgehead atoms. The SMILES string of the molecule is C=C(CCF)C(=O)N(CCCCCc1cccc(C)n1)c1cccc(-c2ccnc(OC)c2)c1. The van der Waals surface area contributed by atoms with E-state index in [1.165, 1.54) is 0 Å². The summed E-state index contributed by atoms with van der Waals surface area (Å²) in [5.41, 5.74) is 5.03. The van der Waals surface area contributed by atoms with Gasteiger partial charge in [0.25, 0.3) is 5.91 Å². The molecule has 1 amide bonds. The van der Waals surface area contributed by atoms with Crippen molar-refractivity contribution in [3.8, 4) is 17.0 Å². The maximum absolute atomic E-state index is 13.1. The number of aromatic nitrogens is 2. The third-order valence-corrected chi connectivity index (χ3v) is 5.64. The van der Waals surface area contributed by atoms with Crippen LogP contribution in [-0.2, 0) is 11.2 Å². The number of halogens is 1. The first-order valence-corrected chi connectivity index (χ1v) is 11.6. The Morgan fingerprint density at radius 3 is 2.62 bits per heavy atom. The molecule has 0 saturated carbocycles. The van der Waals surface area contributed by atoms with Crippen molar-refractivity contribution in [2.24, 2.45) is 0 Å². The highest BCUT2D eigenvalue weighted by Crippen LogP contribution is 2.28. The van der Waals surface area contributed by atoms with Gasteiger partial charge >= 0.3 is 0 Å². The Balaban J connectivity index is 1.72. The standard InChI is InChI=1S/C28H32FN3O2/c1-21(14-16-29)28(33)32(18-6-4-5-11-25-12-7-9-22(2)31-25)26-13-8-10-23(19-26)24-15-17-30-27(20-24)34-3/h7-10,12-13,15,17,19-20H,1,4-6,11,14,16,18H2,2-3H3. The van der Waals surface area contributed by atoms with Gasteiger partial charge in [-0.3, -0.25) is 14.2 Å². The second-order valence-electron chi connectivity index (χ2n) is 8.22. The van der Waals surface area contributed by atoms with E-state index in [0.29, 0.717) is 12.4 Å². The molecular weight excluding hydrogens is 429 g/mol. The number of anilines is 1. The van der Waals surface area contributed by atoms with E-state index in [9.17, 15) is 9.18 Å². The van der Waals surface area contributed by atoms with Crippen molar-refractivity contribution in [3.05, 3.63) is 84.3 Å². The Morgan fingerprint density at radius 1 is 1.06 bits per heavy atom. The summed E-state index contributed by atoms with van der Waals surface area (Å²) in [6.07, 6.45) is 5.40. The number of nitrogens with zero attached hydrogens (tertiary/aromatic N) is 3. The number of unbranched alkanes of at least 4 members (excludes halogenated alkanes) is 2. The summed E-state index contributed by atoms with van der Waals surface area (Å²) in [6.45, 7) is 5.75. The largest absolute Gasteiger partial charge is 0.481 e. The van der Waals surface area contributed by atoms with Crippen molar-refractivity contribution in [1.82, 2.24) is 9.97 Å². The lowest BCUT2D eigenvalue weighted by Crippen LogP contribution is -2.33. The van der Waals surface area contributed by atoms with E-state index in [1.807, 2.05) is 61.5 Å². The second-order valence-corrected chi connectivity index (χ2v) is 8.22. The molecule has 3 rings (SSSR count). The molecule has 0 spiro atoms. The smallest absolute Gasteiger partial charge is 0.253 e. The predicted molar refractivity (Wildman–Crippen MR) is 135 cm³/mol. The molecule has 0 aliphatic heterocycles. The summed E-state index contributed by atoms with van der Waals surface area (Å²) in [5, 5.41) is 0. The lowest BCUT2D eigenvalue weighted by atomic mass is 10.0. The zero-order chi connectivity index (χ0) is 24.3. The molecule has 0 saturated heterocycles. The summed E-state index contributed by atoms with van der Waals surface area (Å²) in [5.74, 6) is 0.290. The van der Waals surface area contributed by atoms with Gasteiger partial charge in [-0.1, -0.05) is 31.2 Å². The number of methoxy groups -OCH3 is 1. The summed E-state index contributed by atoms with van der Waals surface area (Å²) in [6, 6.07) is 17.6. The summed E-state index contributed by atoms with van der Waals surface area (Å²) in [4.78, 5) is 23.5. The van der Waals surface area contributed by atoms with Crippen molar-refractivity contribution >= 4 is 11.6 Å². The number of aryl methyl sites for hydroxylation is 2. The first-order valence-electron chi connectivity index (χ1n) is 11.6. The zero-order valence-corrected chi connectivity index (χ0v) is 20.0. The molecule has 0 N–H and O–H groups in total. The lowest BCUT2D eigenvalue weighted by Gasteiger charge is -2.24. The number of hydrogen-bond acceptors (Lipinski definition) is 4. The normalized spacial score (nSPS) is 10.7. The molecule has 0 radical (unpaired) electrons. The minimum absolute atomic E-state index is 0.0373. The van der Waals surface area contributed by atoms with Gasteiger partial charge in [-0.25, -0.2) is 4.98 Å². The molecule has 2 heterocycles. The highest BCUT2D eigenvalue weighted by molar-refractivity contribution is 6.05. The fraction of sp³-hybridized carbons (Fsp3) is 0.321. The minimum Gasteiger partial charge on any atom is -0.481 e. The van der Waals surface area contributed by atoms with E-state index in [2.05, 4.69) is 16.5 Å². The fourth-order valence-corrected chi connectivity index (χ4v) is 3.81. The summed E-state index contributed by atoms with van der Waals surface area (Å²) >= 11 is 0. The predicted octanol–water partition coefficient (Wildman–Crippen LogP) is 6.12. The molecular formula is C28H32FN3O2. The van der Waals surface area contributed by atoms with Crippen LogP contribution in [0.5, 0.6) is 5.88 Å². The highest BCUT2D eigenvalue weighted by Gasteiger charge is 2.19. The first kappa shape index (κ1) is 25.1. The van der Waals surface area contributed by atoms with Crippen molar-refractivity contribution in [1.29, 1.82) is 0 Å². The van der Waals surface area contributed by atoms with Gasteiger partial charge < -0.3 is 9.64 Å². The molecule has 3 aromatic rings. The van der Waals surface area contributed by atoms with E-state index in [0.717, 1.165) is 53.9 Å². The van der Waals surface area contributed by atoms with Gasteiger partial charge in [0.2, 0.25) is 5.88 Å². The van der Waals surface area contributed by atoms with Crippen molar-refractivity contribution in [3.63, 3.8) is 0 Å². The van der Waals surface area contributed by atoms with Gasteiger partial charge in [-0.15, -0.1) is 0 Å². The van der Waals surface area contributed by atoms with Crippen molar-refractivity contribution in [2.75, 3.05) is 25.2 Å². The number of hydrogen-bond donors (Lipinski definition) is 0. The number of pyridine rings is 2. The Labute approximate surface area is 201 Å². The fourth-order valence-electron chi connectivity index (χ4n) is 3.81. The van der Waals surface area contributed by atoms with E-state index in [1.54, 1.807) is 18.2 Å². The quantitative estimate of drug-likeness (QED) is 0.241. The van der Waals surface area contributed by atoms with Crippen LogP contribution >= 0.6 is 0 Å². The van der Waals surface area contributed by atoms with Gasteiger partial charge in [-0.2, -0.15) is 0 Å². The van der Waals surface area contributed by atoms with Crippen molar-refractivity contribution < 1.29 is 13.9 Å². The molecule has 0 atom stereocenters. The van der Waals surface area contributed by atoms with Crippen LogP contribution in [-0.4, -0.2) is 36.2 Å². The number of alkyl halides is 1. The Bertz CT molecular complexity index is 1120. The van der Waals surface area contributed by atoms with Gasteiger partial charge in [-0.05, 0) is 67.6 Å². The van der Waals surface area contributed by atoms with Crippen LogP contribution in [0.3, 0.4) is 0 Å². The number of benzene rings is 1. The Kier molecular flexibility index (Phi) is 9.32. The molecule has 6 heteroatoms. The minimum atomic E-state index is -0.598. The first-order chi connectivity index (χ1) is 16.5. The number of amides is 1. The summed E-state index contributed by atoms with van der Waals surface area (Å²) < 4.78 is 18.2. The highest BCUT2D eigenvalue weighted by atomic mass is 19.1. The van der Waals surface area contributed by atoms with E-state index < -0.39 is 6.67 Å². The Morgan fingerprint density at radius 2 is 1.85 bits per heavy atom. The average molecular weight is 462 g/mol. The molecule has 178 valence electrons. The number of rotatable bonds is 12. The van der Waals surface area contributed by atoms with E-state index in [4.69, 9.17) is 4.74 Å². The molecule has 0 fully saturated rings. The summed E-state index contributed by atoms with van der Waals surface area (Å²) in [7, 11) is 1.58. The van der Waals surface area contributed by atoms with Crippen LogP contribution in [0.4, 0.5) is 10.1 Å². The maximum atomic E-state index is 13.1. The Hall–Kier alpha value is -3.54. The monoisotopic (exact) mass is 461 g/mol. The average Bonchev–Trinajstić information content (AvgIpc) is 2.86. The topological polar surface area (TPSA) is 55.3 Å². The van der Waals surface area contributed by atoms with Crippen LogP contribution in [0, 0.1) is 6.92 Å². The van der Waals surface area contributed by atoms with Crippen LogP contribution < -0.4 is 9.64 Å². The van der Waals surface area contributed by atoms with Gasteiger partial charge in [0.15, 0.2) is 0 Å². The number of ether oxygens (including phenoxy) is 1. The van der Waals surface area contributed by atoms with Gasteiger partial charge in [0, 0.05) is 47.9 Å². The zero-order valence-electron chi connectivity index (χ0n) is 20.0. The second kappa shape index (κ2) is 12.6. The molecule has 0 unspecified atom stereocenters. The van der Waals surface area contributed by atoms with Gasteiger partial charge in [0.05, 0.1) is 13.8 Å². The third kappa shape index (κ3) is 6.98. The molecule has 2 aromatic heterocycles. The van der Waals surface area contributed by atoms with E-state index in [-0.39, 0.29) is 17.9 Å². The molecule has 0 aliphatic carbocycles. The number of carbonyl (C=O) groups is 1. The molecule has 1 aromatic carbocycles. The van der Waals surface area contributed by atoms with E-state index >= 15 is 0 Å². The van der Waals surface area contributed by atoms with Gasteiger partial charge in [0.1, 0.15) is 0 Å². The van der Waals surface area contributed by atoms with Crippen LogP contribution in [0.2, 0.25) is 0 Å². The number of carbonyl (C=O) groups excluding carboxylic acids is 1. The van der Waals surface area contributed by atoms with Crippen LogP contribution in [0.25, 0.3) is 11.1 Å². The lowest BCUT2D eigenvalue weighted by molar-refractivity contribution is -0.115. The maximum Gasteiger partial charge on any atom is 0.253 e.